The first-order chi connectivity index (χ1) is 22.0. The van der Waals surface area contributed by atoms with E-state index in [0.29, 0.717) is 17.6 Å². The van der Waals surface area contributed by atoms with Gasteiger partial charge in [-0.15, -0.1) is 0 Å². The largest absolute Gasteiger partial charge is 0.382 e. The van der Waals surface area contributed by atoms with Crippen molar-refractivity contribution in [2.75, 3.05) is 25.6 Å². The monoisotopic (exact) mass is 714 g/mol. The predicted molar refractivity (Wildman–Crippen MR) is 164 cm³/mol. The number of fused-ring (bicyclic) bond motifs is 6. The molecule has 5 N–H and O–H groups in total. The number of hydrogen-bond donors (Lipinski definition) is 4. The molecule has 5 aromatic rings. The lowest BCUT2D eigenvalue weighted by atomic mass is 9.70. The van der Waals surface area contributed by atoms with Crippen LogP contribution in [0, 0.1) is 11.8 Å². The third-order valence-corrected chi connectivity index (χ3v) is 11.7. The molecule has 5 aromatic heterocycles. The fourth-order valence-corrected chi connectivity index (χ4v) is 8.87. The summed E-state index contributed by atoms with van der Waals surface area (Å²) < 4.78 is 49.8. The molecule has 3 aliphatic rings. The lowest BCUT2D eigenvalue weighted by Gasteiger charge is -2.45. The maximum Gasteiger partial charge on any atom is 0.324 e. The highest BCUT2D eigenvalue weighted by Gasteiger charge is 2.51. The minimum absolute atomic E-state index is 0.0171. The number of nitrogens with two attached hydrogens (primary N) is 1. The summed E-state index contributed by atoms with van der Waals surface area (Å²) in [6.07, 6.45) is 1.62. The van der Waals surface area contributed by atoms with Gasteiger partial charge in [-0.2, -0.15) is 0 Å². The van der Waals surface area contributed by atoms with Crippen LogP contribution in [0.4, 0.5) is 10.2 Å². The predicted octanol–water partition coefficient (Wildman–Crippen LogP) is 1.09. The van der Waals surface area contributed by atoms with Crippen molar-refractivity contribution in [2.45, 2.75) is 37.1 Å². The van der Waals surface area contributed by atoms with Gasteiger partial charge in [-0.05, 0) is 36.0 Å². The molecule has 18 nitrogen and oxygen atoms in total. The van der Waals surface area contributed by atoms with E-state index in [1.807, 2.05) is 4.57 Å². The number of ether oxygens (including phenoxy) is 1. The maximum atomic E-state index is 16.3. The number of aromatic nitrogens is 9. The molecule has 244 valence electrons. The number of rotatable bonds is 2. The Kier molecular flexibility index (Phi) is 7.39. The van der Waals surface area contributed by atoms with Crippen LogP contribution < -0.4 is 11.3 Å². The summed E-state index contributed by atoms with van der Waals surface area (Å²) >= 11 is 10.6. The number of halogens is 1. The first-order valence-corrected chi connectivity index (χ1v) is 19.1. The molecule has 2 saturated heterocycles. The number of hydrogen-bond acceptors (Lipinski definition) is 14. The van der Waals surface area contributed by atoms with E-state index in [-0.39, 0.29) is 53.9 Å². The highest BCUT2D eigenvalue weighted by molar-refractivity contribution is 8.07. The minimum atomic E-state index is -4.05. The molecule has 46 heavy (non-hydrogen) atoms. The quantitative estimate of drug-likeness (QED) is 0.188. The van der Waals surface area contributed by atoms with Crippen LogP contribution in [-0.4, -0.2) is 91.4 Å². The molecular weight excluding hydrogens is 689 g/mol. The number of nitrogen functional groups attached to an aromatic ring is 1. The molecular formula is C23H25FN10O8P2S2. The highest BCUT2D eigenvalue weighted by atomic mass is 32.5. The summed E-state index contributed by atoms with van der Waals surface area (Å²) in [5, 5.41) is 0. The van der Waals surface area contributed by atoms with Crippen LogP contribution >= 0.6 is 13.4 Å². The molecule has 7 heterocycles. The van der Waals surface area contributed by atoms with Crippen molar-refractivity contribution in [3.05, 3.63) is 41.7 Å². The molecule has 1 aliphatic carbocycles. The lowest BCUT2D eigenvalue weighted by molar-refractivity contribution is -0.0427. The van der Waals surface area contributed by atoms with Gasteiger partial charge in [0.15, 0.2) is 35.0 Å². The Morgan fingerprint density at radius 1 is 1.00 bits per heavy atom. The number of nitrogens with one attached hydrogen (secondary N) is 1. The van der Waals surface area contributed by atoms with Crippen molar-refractivity contribution in [1.29, 1.82) is 0 Å². The van der Waals surface area contributed by atoms with Crippen LogP contribution in [0.3, 0.4) is 0 Å². The van der Waals surface area contributed by atoms with E-state index < -0.39 is 50.2 Å². The SMILES string of the molecule is Nc1ncnc2c1ncn2[C@@H]1C[C@@H]2COP(O)(=S)O[C@H]3[C@@H](F)[C@H](n4cnc5c(=O)[nH]c6nccn6c54)O[C@@H]3COP(O)(=S)OC[C@H]21. The number of anilines is 1. The minimum Gasteiger partial charge on any atom is -0.382 e. The molecule has 3 fully saturated rings. The number of imidazole rings is 3. The molecule has 0 aromatic carbocycles. The topological polar surface area (TPSA) is 224 Å². The second-order valence-corrected chi connectivity index (χ2v) is 16.7. The molecule has 2 aliphatic heterocycles. The van der Waals surface area contributed by atoms with Gasteiger partial charge in [-0.1, -0.05) is 0 Å². The van der Waals surface area contributed by atoms with Crippen molar-refractivity contribution in [3.63, 3.8) is 0 Å². The fourth-order valence-electron chi connectivity index (χ4n) is 6.25. The van der Waals surface area contributed by atoms with E-state index in [4.69, 9.17) is 52.2 Å². The van der Waals surface area contributed by atoms with Gasteiger partial charge in [-0.3, -0.25) is 23.3 Å². The molecule has 0 bridgehead atoms. The summed E-state index contributed by atoms with van der Waals surface area (Å²) in [6.45, 7) is -8.50. The number of aromatic amines is 1. The van der Waals surface area contributed by atoms with Gasteiger partial charge < -0.3 is 38.4 Å². The molecule has 0 radical (unpaired) electrons. The number of nitrogens with zero attached hydrogens (tertiary/aromatic N) is 8. The average molecular weight is 715 g/mol. The van der Waals surface area contributed by atoms with Crippen molar-refractivity contribution >= 4 is 71.0 Å². The molecule has 1 saturated carbocycles. The van der Waals surface area contributed by atoms with E-state index >= 15 is 4.39 Å². The first-order valence-electron chi connectivity index (χ1n) is 13.9. The van der Waals surface area contributed by atoms with E-state index in [1.165, 1.54) is 27.8 Å². The second-order valence-electron chi connectivity index (χ2n) is 11.1. The third kappa shape index (κ3) is 5.10. The molecule has 23 heteroatoms. The van der Waals surface area contributed by atoms with Gasteiger partial charge in [0, 0.05) is 24.4 Å². The van der Waals surface area contributed by atoms with Gasteiger partial charge in [0.2, 0.25) is 5.78 Å². The highest BCUT2D eigenvalue weighted by Crippen LogP contribution is 2.55. The smallest absolute Gasteiger partial charge is 0.324 e. The van der Waals surface area contributed by atoms with Crippen molar-refractivity contribution in [3.8, 4) is 0 Å². The van der Waals surface area contributed by atoms with Gasteiger partial charge >= 0.3 is 13.4 Å². The summed E-state index contributed by atoms with van der Waals surface area (Å²) in [6, 6.07) is -0.205. The Morgan fingerprint density at radius 3 is 2.61 bits per heavy atom. The number of alkyl halides is 1. The zero-order chi connectivity index (χ0) is 32.0. The van der Waals surface area contributed by atoms with E-state index in [9.17, 15) is 14.6 Å². The zero-order valence-electron chi connectivity index (χ0n) is 23.3. The fraction of sp³-hybridized carbons (Fsp3) is 0.478. The van der Waals surface area contributed by atoms with Crippen LogP contribution in [-0.2, 0) is 46.4 Å². The van der Waals surface area contributed by atoms with Crippen molar-refractivity contribution in [2.24, 2.45) is 11.8 Å². The zero-order valence-corrected chi connectivity index (χ0v) is 26.8. The molecule has 9 atom stereocenters. The summed E-state index contributed by atoms with van der Waals surface area (Å²) in [5.74, 6) is -0.0814. The van der Waals surface area contributed by atoms with Crippen LogP contribution in [0.25, 0.3) is 28.1 Å². The van der Waals surface area contributed by atoms with Crippen LogP contribution in [0.15, 0.2) is 36.2 Å². The van der Waals surface area contributed by atoms with Crippen LogP contribution in [0.5, 0.6) is 0 Å². The third-order valence-electron chi connectivity index (χ3n) is 8.55. The Hall–Kier alpha value is -2.81. The lowest BCUT2D eigenvalue weighted by Crippen LogP contribution is -2.43. The summed E-state index contributed by atoms with van der Waals surface area (Å²) in [7, 11) is 0. The van der Waals surface area contributed by atoms with Crippen LogP contribution in [0.1, 0.15) is 18.7 Å². The molecule has 0 spiro atoms. The van der Waals surface area contributed by atoms with Crippen molar-refractivity contribution < 1.29 is 37.0 Å². The van der Waals surface area contributed by atoms with Gasteiger partial charge in [0.05, 0.1) is 32.5 Å². The van der Waals surface area contributed by atoms with Gasteiger partial charge in [0.1, 0.15) is 24.1 Å². The standard InChI is InChI=1S/C23H25FN10O8P2S2/c24-14-17-13(41-22(14)34-9-30-16-20(35)31-23-26-1-2-32(23)21(16)34)6-40-43(36,45)39-5-11-10(4-38-44(37,46)42-17)3-12(11)33-8-29-15-18(25)27-7-28-19(15)33/h1-2,7-14,17,22H,3-6H2,(H,36,45)(H,37,46)(H2,25,27,28)(H,26,31,35)/t10-,11-,12-,13-,14-,17-,22-,43?,44?/m1/s1. The van der Waals surface area contributed by atoms with Gasteiger partial charge in [-0.25, -0.2) is 29.3 Å². The first kappa shape index (κ1) is 30.5. The van der Waals surface area contributed by atoms with Gasteiger partial charge in [0.25, 0.3) is 5.56 Å². The molecule has 2 unspecified atom stereocenters. The average Bonchev–Trinajstić information content (AvgIpc) is 3.78. The maximum absolute atomic E-state index is 16.3. The Morgan fingerprint density at radius 2 is 1.76 bits per heavy atom. The van der Waals surface area contributed by atoms with E-state index in [0.717, 1.165) is 0 Å². The van der Waals surface area contributed by atoms with E-state index in [1.54, 1.807) is 12.5 Å². The Labute approximate surface area is 267 Å². The van der Waals surface area contributed by atoms with Crippen molar-refractivity contribution in [1.82, 2.24) is 43.4 Å². The summed E-state index contributed by atoms with van der Waals surface area (Å²) in [4.78, 5) is 58.1. The number of H-pyrrole nitrogens is 1. The van der Waals surface area contributed by atoms with E-state index in [2.05, 4.69) is 29.9 Å². The van der Waals surface area contributed by atoms with Crippen LogP contribution in [0.2, 0.25) is 0 Å². The second kappa shape index (κ2) is 11.1. The molecule has 8 rings (SSSR count). The molecule has 0 amide bonds. The Bertz CT molecular complexity index is 2140. The summed E-state index contributed by atoms with van der Waals surface area (Å²) in [5.41, 5.74) is 6.61. The normalized spacial score (nSPS) is 35.7. The Balaban J connectivity index is 1.07.